The monoisotopic (exact) mass is 480 g/mol. The minimum absolute atomic E-state index is 0.191. The number of rotatable bonds is 9. The minimum atomic E-state index is -0.262. The van der Waals surface area contributed by atoms with Gasteiger partial charge in [-0.1, -0.05) is 118 Å². The fourth-order valence-corrected chi connectivity index (χ4v) is 6.75. The number of benzene rings is 4. The predicted molar refractivity (Wildman–Crippen MR) is 156 cm³/mol. The summed E-state index contributed by atoms with van der Waals surface area (Å²) in [5.41, 5.74) is 2.35. The van der Waals surface area contributed by atoms with E-state index in [1.54, 1.807) is 5.46 Å². The Hall–Kier alpha value is -3.04. The number of carbonyl (C=O) groups excluding carboxylic acids is 1. The zero-order chi connectivity index (χ0) is 24.9. The van der Waals surface area contributed by atoms with Crippen molar-refractivity contribution in [3.05, 3.63) is 127 Å². The standard InChI is InChI=1S/C20H17OS.C12H20B/c21-20(17-10-4-1-5-11-17)16-22(18-12-6-2-7-13-18)19-14-8-3-9-15-19;1-4-13(5-2,6-3)12-10-8-7-9-11-12/h1-15H,16H2;7-11H,4-6H2,1-3H3/q+1;-1. The lowest BCUT2D eigenvalue weighted by Crippen LogP contribution is -2.45. The zero-order valence-corrected chi connectivity index (χ0v) is 22.1. The molecule has 180 valence electrons. The Morgan fingerprint density at radius 1 is 0.571 bits per heavy atom. The first-order valence-corrected chi connectivity index (χ1v) is 14.2. The summed E-state index contributed by atoms with van der Waals surface area (Å²) in [5, 5.41) is 0. The van der Waals surface area contributed by atoms with Crippen molar-refractivity contribution in [2.45, 2.75) is 49.5 Å². The molecule has 0 atom stereocenters. The molecule has 0 amide bonds. The first-order chi connectivity index (χ1) is 17.1. The molecule has 0 spiro atoms. The van der Waals surface area contributed by atoms with Crippen molar-refractivity contribution >= 4 is 28.3 Å². The second-order valence-corrected chi connectivity index (χ2v) is 11.1. The molecule has 0 aliphatic carbocycles. The maximum atomic E-state index is 12.6. The lowest BCUT2D eigenvalue weighted by molar-refractivity contribution is 0.102. The van der Waals surface area contributed by atoms with Crippen molar-refractivity contribution in [1.29, 1.82) is 0 Å². The van der Waals surface area contributed by atoms with Gasteiger partial charge in [0.2, 0.25) is 5.78 Å². The maximum absolute atomic E-state index is 12.6. The molecule has 1 nitrogen and oxygen atoms in total. The van der Waals surface area contributed by atoms with Crippen LogP contribution in [0.1, 0.15) is 31.1 Å². The van der Waals surface area contributed by atoms with Gasteiger partial charge in [-0.05, 0) is 24.3 Å². The van der Waals surface area contributed by atoms with Gasteiger partial charge in [0, 0.05) is 11.7 Å². The second-order valence-electron chi connectivity index (χ2n) is 9.06. The number of hydrogen-bond donors (Lipinski definition) is 0. The quantitative estimate of drug-likeness (QED) is 0.135. The number of hydrogen-bond acceptors (Lipinski definition) is 1. The van der Waals surface area contributed by atoms with Gasteiger partial charge in [0.1, 0.15) is 0 Å². The molecular weight excluding hydrogens is 443 g/mol. The van der Waals surface area contributed by atoms with Crippen LogP contribution in [0.25, 0.3) is 0 Å². The van der Waals surface area contributed by atoms with Crippen molar-refractivity contribution in [2.75, 3.05) is 5.75 Å². The van der Waals surface area contributed by atoms with Gasteiger partial charge in [-0.3, -0.25) is 4.79 Å². The van der Waals surface area contributed by atoms with Gasteiger partial charge in [0.25, 0.3) is 0 Å². The van der Waals surface area contributed by atoms with E-state index < -0.39 is 0 Å². The molecule has 0 saturated heterocycles. The zero-order valence-electron chi connectivity index (χ0n) is 21.3. The topological polar surface area (TPSA) is 17.1 Å². The normalized spacial score (nSPS) is 11.0. The van der Waals surface area contributed by atoms with Gasteiger partial charge < -0.3 is 0 Å². The summed E-state index contributed by atoms with van der Waals surface area (Å²) in [6.07, 6.45) is 3.65. The highest BCUT2D eigenvalue weighted by Crippen LogP contribution is 2.24. The summed E-state index contributed by atoms with van der Waals surface area (Å²) >= 11 is 0. The molecule has 0 aromatic heterocycles. The molecule has 0 bridgehead atoms. The third-order valence-electron chi connectivity index (χ3n) is 7.28. The van der Waals surface area contributed by atoms with E-state index in [1.807, 2.05) is 66.7 Å². The van der Waals surface area contributed by atoms with Crippen LogP contribution in [-0.4, -0.2) is 17.7 Å². The minimum Gasteiger partial charge on any atom is -0.289 e. The third kappa shape index (κ3) is 7.22. The fraction of sp³-hybridized carbons (Fsp3) is 0.219. The Morgan fingerprint density at radius 2 is 0.943 bits per heavy atom. The van der Waals surface area contributed by atoms with Crippen LogP contribution in [0.15, 0.2) is 131 Å². The largest absolute Gasteiger partial charge is 0.289 e. The van der Waals surface area contributed by atoms with Crippen LogP contribution < -0.4 is 5.46 Å². The lowest BCUT2D eigenvalue weighted by Gasteiger charge is -2.37. The van der Waals surface area contributed by atoms with Crippen LogP contribution >= 0.6 is 0 Å². The average Bonchev–Trinajstić information content (AvgIpc) is 2.95. The Labute approximate surface area is 214 Å². The number of ketones is 1. The van der Waals surface area contributed by atoms with E-state index in [0.717, 1.165) is 5.56 Å². The summed E-state index contributed by atoms with van der Waals surface area (Å²) in [4.78, 5) is 15.0. The third-order valence-corrected chi connectivity index (χ3v) is 9.51. The molecule has 0 unspecified atom stereocenters. The van der Waals surface area contributed by atoms with E-state index in [-0.39, 0.29) is 22.8 Å². The van der Waals surface area contributed by atoms with Gasteiger partial charge in [0.15, 0.2) is 15.5 Å². The SMILES string of the molecule is CC[B-](CC)(CC)c1ccccc1.O=C(C[S+](c1ccccc1)c1ccccc1)c1ccccc1. The molecule has 0 N–H and O–H groups in total. The fourth-order valence-electron chi connectivity index (χ4n) is 4.75. The Morgan fingerprint density at radius 3 is 1.34 bits per heavy atom. The van der Waals surface area contributed by atoms with E-state index in [1.165, 1.54) is 28.8 Å². The van der Waals surface area contributed by atoms with Gasteiger partial charge in [0.05, 0.1) is 10.9 Å². The molecule has 0 saturated carbocycles. The second kappa shape index (κ2) is 13.8. The van der Waals surface area contributed by atoms with Crippen molar-refractivity contribution in [3.63, 3.8) is 0 Å². The van der Waals surface area contributed by atoms with E-state index in [0.29, 0.717) is 5.75 Å². The van der Waals surface area contributed by atoms with E-state index in [2.05, 4.69) is 75.4 Å². The summed E-state index contributed by atoms with van der Waals surface area (Å²) in [6, 6.07) is 41.1. The first kappa shape index (κ1) is 26.6. The average molecular weight is 481 g/mol. The van der Waals surface area contributed by atoms with Crippen LogP contribution in [0, 0.1) is 0 Å². The summed E-state index contributed by atoms with van der Waals surface area (Å²) in [6.45, 7) is 6.96. The Bertz CT molecular complexity index is 1080. The summed E-state index contributed by atoms with van der Waals surface area (Å²) < 4.78 is 0. The molecule has 0 fully saturated rings. The molecule has 4 aromatic carbocycles. The van der Waals surface area contributed by atoms with E-state index in [9.17, 15) is 4.79 Å². The van der Waals surface area contributed by atoms with Crippen molar-refractivity contribution < 1.29 is 4.79 Å². The predicted octanol–water partition coefficient (Wildman–Crippen LogP) is 8.01. The number of carbonyl (C=O) groups is 1. The van der Waals surface area contributed by atoms with Gasteiger partial charge in [-0.15, -0.1) is 0 Å². The van der Waals surface area contributed by atoms with Crippen LogP contribution in [0.4, 0.5) is 0 Å². The molecular formula is C32H37BOS. The molecule has 4 rings (SSSR count). The van der Waals surface area contributed by atoms with Gasteiger partial charge >= 0.3 is 0 Å². The van der Waals surface area contributed by atoms with Crippen LogP contribution in [0.3, 0.4) is 0 Å². The molecule has 0 heterocycles. The van der Waals surface area contributed by atoms with Crippen molar-refractivity contribution in [2.24, 2.45) is 0 Å². The first-order valence-electron chi connectivity index (χ1n) is 12.8. The number of Topliss-reactive ketones (excluding diaryl/α,β-unsaturated/α-hetero) is 1. The molecule has 0 radical (unpaired) electrons. The van der Waals surface area contributed by atoms with Crippen LogP contribution in [-0.2, 0) is 10.9 Å². The molecule has 0 aliphatic heterocycles. The van der Waals surface area contributed by atoms with Crippen LogP contribution in [0.5, 0.6) is 0 Å². The molecule has 0 aliphatic rings. The van der Waals surface area contributed by atoms with Crippen molar-refractivity contribution in [3.8, 4) is 0 Å². The van der Waals surface area contributed by atoms with E-state index in [4.69, 9.17) is 0 Å². The highest BCUT2D eigenvalue weighted by molar-refractivity contribution is 7.97. The summed E-state index contributed by atoms with van der Waals surface area (Å²) in [7, 11) is -0.231. The molecule has 3 heteroatoms. The van der Waals surface area contributed by atoms with Crippen molar-refractivity contribution in [1.82, 2.24) is 0 Å². The van der Waals surface area contributed by atoms with E-state index >= 15 is 0 Å². The molecule has 4 aromatic rings. The lowest BCUT2D eigenvalue weighted by atomic mass is 9.17. The van der Waals surface area contributed by atoms with Gasteiger partial charge in [-0.25, -0.2) is 5.46 Å². The highest BCUT2D eigenvalue weighted by Gasteiger charge is 2.28. The Kier molecular flexibility index (Phi) is 10.4. The summed E-state index contributed by atoms with van der Waals surface area (Å²) in [5.74, 6) is 0.703. The Balaban J connectivity index is 0.000000225. The maximum Gasteiger partial charge on any atom is 0.212 e. The van der Waals surface area contributed by atoms with Gasteiger partial charge in [-0.2, -0.15) is 19.0 Å². The molecule has 35 heavy (non-hydrogen) atoms. The van der Waals surface area contributed by atoms with Crippen LogP contribution in [0.2, 0.25) is 19.0 Å². The highest BCUT2D eigenvalue weighted by atomic mass is 32.2. The smallest absolute Gasteiger partial charge is 0.212 e.